The van der Waals surface area contributed by atoms with Gasteiger partial charge in [0.2, 0.25) is 5.91 Å². The van der Waals surface area contributed by atoms with E-state index < -0.39 is 17.3 Å². The molecule has 0 radical (unpaired) electrons. The zero-order chi connectivity index (χ0) is 19.3. The highest BCUT2D eigenvalue weighted by Crippen LogP contribution is 2.28. The second-order valence-electron chi connectivity index (χ2n) is 7.25. The number of ether oxygens (including phenoxy) is 2. The van der Waals surface area contributed by atoms with Crippen LogP contribution in [0.2, 0.25) is 0 Å². The molecule has 8 heteroatoms. The van der Waals surface area contributed by atoms with Gasteiger partial charge in [0.25, 0.3) is 0 Å². The molecule has 2 atom stereocenters. The number of anilines is 1. The predicted molar refractivity (Wildman–Crippen MR) is 93.8 cm³/mol. The lowest BCUT2D eigenvalue weighted by atomic mass is 9.82. The fourth-order valence-corrected chi connectivity index (χ4v) is 2.59. The van der Waals surface area contributed by atoms with E-state index >= 15 is 0 Å². The highest BCUT2D eigenvalue weighted by Gasteiger charge is 2.34. The standard InChI is InChI=1S/C18H25N3O5/c1-18(2,3)17(24)26-11-21-10-12(9-19-21)20-15(22)13-7-5-6-8-14(13)16(23)25-4/h5-6,9-10,13-14H,7-8,11H2,1-4H3,(H,20,22). The maximum atomic E-state index is 12.5. The highest BCUT2D eigenvalue weighted by atomic mass is 16.5. The Morgan fingerprint density at radius 2 is 1.88 bits per heavy atom. The Morgan fingerprint density at radius 1 is 1.23 bits per heavy atom. The van der Waals surface area contributed by atoms with Crippen molar-refractivity contribution in [2.24, 2.45) is 17.3 Å². The van der Waals surface area contributed by atoms with Crippen molar-refractivity contribution < 1.29 is 23.9 Å². The predicted octanol–water partition coefficient (Wildman–Crippen LogP) is 2.12. The molecular formula is C18H25N3O5. The number of rotatable bonds is 5. The number of carbonyl (C=O) groups is 3. The van der Waals surface area contributed by atoms with Crippen molar-refractivity contribution in [1.82, 2.24) is 9.78 Å². The number of carbonyl (C=O) groups excluding carboxylic acids is 3. The minimum Gasteiger partial charge on any atom is -0.469 e. The van der Waals surface area contributed by atoms with Crippen LogP contribution in [-0.4, -0.2) is 34.7 Å². The number of allylic oxidation sites excluding steroid dienone is 2. The second kappa shape index (κ2) is 8.16. The Balaban J connectivity index is 1.95. The van der Waals surface area contributed by atoms with Gasteiger partial charge in [0.1, 0.15) is 0 Å². The molecule has 2 rings (SSSR count). The fraction of sp³-hybridized carbons (Fsp3) is 0.556. The molecule has 0 spiro atoms. The number of aromatic nitrogens is 2. The summed E-state index contributed by atoms with van der Waals surface area (Å²) in [7, 11) is 1.32. The van der Waals surface area contributed by atoms with Crippen molar-refractivity contribution in [2.75, 3.05) is 12.4 Å². The Bertz CT molecular complexity index is 702. The first-order valence-electron chi connectivity index (χ1n) is 8.45. The van der Waals surface area contributed by atoms with Gasteiger partial charge in [-0.15, -0.1) is 0 Å². The van der Waals surface area contributed by atoms with E-state index in [1.165, 1.54) is 18.0 Å². The molecule has 0 saturated heterocycles. The van der Waals surface area contributed by atoms with Gasteiger partial charge < -0.3 is 14.8 Å². The van der Waals surface area contributed by atoms with Crippen LogP contribution in [0, 0.1) is 17.3 Å². The molecule has 0 bridgehead atoms. The molecular weight excluding hydrogens is 338 g/mol. The molecule has 1 heterocycles. The summed E-state index contributed by atoms with van der Waals surface area (Å²) in [6.07, 6.45) is 7.76. The first-order chi connectivity index (χ1) is 12.2. The zero-order valence-corrected chi connectivity index (χ0v) is 15.5. The van der Waals surface area contributed by atoms with Gasteiger partial charge in [0.15, 0.2) is 6.73 Å². The van der Waals surface area contributed by atoms with Crippen LogP contribution in [-0.2, 0) is 30.6 Å². The largest absolute Gasteiger partial charge is 0.469 e. The molecule has 1 aliphatic rings. The van der Waals surface area contributed by atoms with Crippen molar-refractivity contribution in [3.63, 3.8) is 0 Å². The molecule has 0 aromatic carbocycles. The lowest BCUT2D eigenvalue weighted by Crippen LogP contribution is -2.35. The average molecular weight is 363 g/mol. The van der Waals surface area contributed by atoms with E-state index in [-0.39, 0.29) is 24.6 Å². The number of methoxy groups -OCH3 is 1. The summed E-state index contributed by atoms with van der Waals surface area (Å²) >= 11 is 0. The van der Waals surface area contributed by atoms with Crippen LogP contribution in [0.25, 0.3) is 0 Å². The molecule has 2 unspecified atom stereocenters. The SMILES string of the molecule is COC(=O)C1CC=CCC1C(=O)Nc1cnn(COC(=O)C(C)(C)C)c1. The van der Waals surface area contributed by atoms with Gasteiger partial charge in [-0.3, -0.25) is 14.4 Å². The maximum absolute atomic E-state index is 12.5. The molecule has 8 nitrogen and oxygen atoms in total. The summed E-state index contributed by atoms with van der Waals surface area (Å²) in [5, 5.41) is 6.81. The van der Waals surface area contributed by atoms with Gasteiger partial charge in [0.05, 0.1) is 42.4 Å². The van der Waals surface area contributed by atoms with Gasteiger partial charge in [-0.1, -0.05) is 12.2 Å². The third-order valence-corrected chi connectivity index (χ3v) is 4.11. The van der Waals surface area contributed by atoms with E-state index in [0.29, 0.717) is 18.5 Å². The molecule has 1 aromatic heterocycles. The number of nitrogens with one attached hydrogen (secondary N) is 1. The highest BCUT2D eigenvalue weighted by molar-refractivity contribution is 5.95. The molecule has 1 aliphatic carbocycles. The molecule has 142 valence electrons. The summed E-state index contributed by atoms with van der Waals surface area (Å²) in [5.74, 6) is -1.98. The topological polar surface area (TPSA) is 99.5 Å². The van der Waals surface area contributed by atoms with Crippen molar-refractivity contribution in [1.29, 1.82) is 0 Å². The first-order valence-corrected chi connectivity index (χ1v) is 8.45. The van der Waals surface area contributed by atoms with Gasteiger partial charge >= 0.3 is 11.9 Å². The van der Waals surface area contributed by atoms with Crippen molar-refractivity contribution in [3.8, 4) is 0 Å². The van der Waals surface area contributed by atoms with Crippen LogP contribution in [0.1, 0.15) is 33.6 Å². The van der Waals surface area contributed by atoms with Crippen LogP contribution in [0.3, 0.4) is 0 Å². The smallest absolute Gasteiger partial charge is 0.313 e. The maximum Gasteiger partial charge on any atom is 0.313 e. The van der Waals surface area contributed by atoms with Crippen LogP contribution >= 0.6 is 0 Å². The zero-order valence-electron chi connectivity index (χ0n) is 15.5. The van der Waals surface area contributed by atoms with Gasteiger partial charge in [0, 0.05) is 0 Å². The third kappa shape index (κ3) is 4.93. The number of hydrogen-bond donors (Lipinski definition) is 1. The summed E-state index contributed by atoms with van der Waals surface area (Å²) in [6, 6.07) is 0. The van der Waals surface area contributed by atoms with E-state index in [0.717, 1.165) is 0 Å². The Hall–Kier alpha value is -2.64. The van der Waals surface area contributed by atoms with Crippen LogP contribution < -0.4 is 5.32 Å². The Labute approximate surface area is 152 Å². The van der Waals surface area contributed by atoms with E-state index in [2.05, 4.69) is 10.4 Å². The molecule has 0 aliphatic heterocycles. The van der Waals surface area contributed by atoms with E-state index in [1.807, 2.05) is 12.2 Å². The molecule has 0 saturated carbocycles. The summed E-state index contributed by atoms with van der Waals surface area (Å²) < 4.78 is 11.4. The number of hydrogen-bond acceptors (Lipinski definition) is 6. The Morgan fingerprint density at radius 3 is 2.50 bits per heavy atom. The molecule has 26 heavy (non-hydrogen) atoms. The molecule has 1 N–H and O–H groups in total. The van der Waals surface area contributed by atoms with E-state index in [9.17, 15) is 14.4 Å². The average Bonchev–Trinajstić information content (AvgIpc) is 3.05. The van der Waals surface area contributed by atoms with Crippen LogP contribution in [0.4, 0.5) is 5.69 Å². The van der Waals surface area contributed by atoms with Crippen molar-refractivity contribution >= 4 is 23.5 Å². The van der Waals surface area contributed by atoms with E-state index in [1.54, 1.807) is 27.0 Å². The van der Waals surface area contributed by atoms with Gasteiger partial charge in [-0.2, -0.15) is 5.10 Å². The Kier molecular flexibility index (Phi) is 6.18. The monoisotopic (exact) mass is 363 g/mol. The molecule has 1 aromatic rings. The normalized spacial score (nSPS) is 19.7. The quantitative estimate of drug-likeness (QED) is 0.635. The van der Waals surface area contributed by atoms with Crippen LogP contribution in [0.5, 0.6) is 0 Å². The van der Waals surface area contributed by atoms with Crippen molar-refractivity contribution in [2.45, 2.75) is 40.3 Å². The number of amides is 1. The lowest BCUT2D eigenvalue weighted by Gasteiger charge is -2.25. The number of nitrogens with zero attached hydrogens (tertiary/aromatic N) is 2. The van der Waals surface area contributed by atoms with Crippen LogP contribution in [0.15, 0.2) is 24.5 Å². The van der Waals surface area contributed by atoms with E-state index in [4.69, 9.17) is 9.47 Å². The van der Waals surface area contributed by atoms with Gasteiger partial charge in [-0.25, -0.2) is 4.68 Å². The van der Waals surface area contributed by atoms with Gasteiger partial charge in [-0.05, 0) is 33.6 Å². The summed E-state index contributed by atoms with van der Waals surface area (Å²) in [6.45, 7) is 5.25. The lowest BCUT2D eigenvalue weighted by molar-refractivity contribution is -0.157. The first kappa shape index (κ1) is 19.7. The molecule has 0 fully saturated rings. The fourth-order valence-electron chi connectivity index (χ4n) is 2.59. The summed E-state index contributed by atoms with van der Waals surface area (Å²) in [5.41, 5.74) is -0.123. The minimum absolute atomic E-state index is 0.0388. The number of esters is 2. The van der Waals surface area contributed by atoms with Crippen molar-refractivity contribution in [3.05, 3.63) is 24.5 Å². The third-order valence-electron chi connectivity index (χ3n) is 4.11. The summed E-state index contributed by atoms with van der Waals surface area (Å²) in [4.78, 5) is 36.2. The molecule has 1 amide bonds. The second-order valence-corrected chi connectivity index (χ2v) is 7.25. The minimum atomic E-state index is -0.596.